The Kier molecular flexibility index (Phi) is 5.67. The van der Waals surface area contributed by atoms with Crippen molar-refractivity contribution in [2.24, 2.45) is 5.73 Å². The monoisotopic (exact) mass is 310 g/mol. The average molecular weight is 310 g/mol. The van der Waals surface area contributed by atoms with E-state index in [1.807, 2.05) is 28.5 Å². The van der Waals surface area contributed by atoms with Crippen LogP contribution in [0.5, 0.6) is 0 Å². The molecular weight excluding hydrogens is 280 g/mol. The van der Waals surface area contributed by atoms with Gasteiger partial charge in [-0.25, -0.2) is 4.79 Å². The van der Waals surface area contributed by atoms with Crippen LogP contribution in [0, 0.1) is 0 Å². The van der Waals surface area contributed by atoms with E-state index in [1.54, 1.807) is 0 Å². The molecule has 0 unspecified atom stereocenters. The van der Waals surface area contributed by atoms with Crippen LogP contribution in [0.1, 0.15) is 46.0 Å². The lowest BCUT2D eigenvalue weighted by molar-refractivity contribution is -0.139. The van der Waals surface area contributed by atoms with Crippen LogP contribution >= 0.6 is 0 Å². The van der Waals surface area contributed by atoms with Gasteiger partial charge in [0.05, 0.1) is 5.54 Å². The number of nitrogens with two attached hydrogens (primary N) is 1. The molecule has 1 saturated heterocycles. The number of amides is 3. The number of piperazine rings is 1. The van der Waals surface area contributed by atoms with Crippen molar-refractivity contribution in [3.05, 3.63) is 0 Å². The normalized spacial score (nSPS) is 21.6. The van der Waals surface area contributed by atoms with E-state index in [9.17, 15) is 9.59 Å². The highest BCUT2D eigenvalue weighted by Gasteiger charge is 2.39. The molecule has 22 heavy (non-hydrogen) atoms. The minimum atomic E-state index is -0.663. The van der Waals surface area contributed by atoms with E-state index >= 15 is 0 Å². The van der Waals surface area contributed by atoms with Gasteiger partial charge in [0.2, 0.25) is 5.91 Å². The topological polar surface area (TPSA) is 69.9 Å². The summed E-state index contributed by atoms with van der Waals surface area (Å²) in [6.45, 7) is 7.84. The van der Waals surface area contributed by atoms with Gasteiger partial charge in [0.1, 0.15) is 0 Å². The molecule has 0 bridgehead atoms. The van der Waals surface area contributed by atoms with E-state index in [1.165, 1.54) is 6.42 Å². The largest absolute Gasteiger partial charge is 0.338 e. The maximum atomic E-state index is 12.7. The maximum Gasteiger partial charge on any atom is 0.320 e. The number of rotatable bonds is 3. The Hall–Kier alpha value is -1.30. The molecule has 1 aliphatic carbocycles. The molecule has 0 atom stereocenters. The van der Waals surface area contributed by atoms with Crippen molar-refractivity contribution < 1.29 is 9.59 Å². The van der Waals surface area contributed by atoms with Crippen molar-refractivity contribution >= 4 is 11.9 Å². The third-order valence-corrected chi connectivity index (χ3v) is 5.04. The Balaban J connectivity index is 1.89. The van der Waals surface area contributed by atoms with E-state index in [0.717, 1.165) is 38.8 Å². The predicted octanol–water partition coefficient (Wildman–Crippen LogP) is 1.25. The fraction of sp³-hybridized carbons (Fsp3) is 0.875. The lowest BCUT2D eigenvalue weighted by atomic mass is 9.81. The van der Waals surface area contributed by atoms with Gasteiger partial charge in [-0.3, -0.25) is 4.79 Å². The van der Waals surface area contributed by atoms with Crippen LogP contribution in [-0.2, 0) is 4.79 Å². The highest BCUT2D eigenvalue weighted by molar-refractivity contribution is 5.86. The summed E-state index contributed by atoms with van der Waals surface area (Å²) in [4.78, 5) is 30.5. The number of nitrogens with zero attached hydrogens (tertiary/aromatic N) is 3. The molecule has 0 spiro atoms. The van der Waals surface area contributed by atoms with Crippen molar-refractivity contribution in [2.45, 2.75) is 51.5 Å². The second-order valence-corrected chi connectivity index (χ2v) is 6.45. The van der Waals surface area contributed by atoms with Gasteiger partial charge < -0.3 is 20.4 Å². The first-order chi connectivity index (χ1) is 10.5. The molecule has 6 heteroatoms. The highest BCUT2D eigenvalue weighted by Crippen LogP contribution is 2.28. The molecule has 6 nitrogen and oxygen atoms in total. The fourth-order valence-corrected chi connectivity index (χ4v) is 3.51. The average Bonchev–Trinajstić information content (AvgIpc) is 2.56. The van der Waals surface area contributed by atoms with Gasteiger partial charge in [0.15, 0.2) is 0 Å². The van der Waals surface area contributed by atoms with Gasteiger partial charge in [-0.15, -0.1) is 0 Å². The van der Waals surface area contributed by atoms with Crippen LogP contribution in [-0.4, -0.2) is 71.4 Å². The standard InChI is InChI=1S/C16H30N4O2/c1-3-18(4-2)15(22)20-12-10-19(11-13-20)14(21)16(17)8-6-5-7-9-16/h3-13,17H2,1-2H3. The van der Waals surface area contributed by atoms with Crippen LogP contribution in [0.2, 0.25) is 0 Å². The lowest BCUT2D eigenvalue weighted by Crippen LogP contribution is -2.61. The molecule has 2 rings (SSSR count). The lowest BCUT2D eigenvalue weighted by Gasteiger charge is -2.41. The number of hydrogen-bond acceptors (Lipinski definition) is 3. The van der Waals surface area contributed by atoms with Crippen molar-refractivity contribution in [1.82, 2.24) is 14.7 Å². The predicted molar refractivity (Wildman–Crippen MR) is 86.5 cm³/mol. The highest BCUT2D eigenvalue weighted by atomic mass is 16.2. The molecule has 0 aromatic heterocycles. The second kappa shape index (κ2) is 7.31. The molecule has 1 saturated carbocycles. The molecule has 0 aromatic rings. The van der Waals surface area contributed by atoms with Crippen LogP contribution < -0.4 is 5.73 Å². The van der Waals surface area contributed by atoms with Gasteiger partial charge in [0, 0.05) is 39.3 Å². The third-order valence-electron chi connectivity index (χ3n) is 5.04. The van der Waals surface area contributed by atoms with Crippen LogP contribution in [0.15, 0.2) is 0 Å². The quantitative estimate of drug-likeness (QED) is 0.853. The molecule has 2 aliphatic rings. The first-order valence-electron chi connectivity index (χ1n) is 8.64. The van der Waals surface area contributed by atoms with Crippen molar-refractivity contribution in [3.63, 3.8) is 0 Å². The molecule has 0 radical (unpaired) electrons. The Bertz CT molecular complexity index is 395. The Morgan fingerprint density at radius 1 is 0.955 bits per heavy atom. The zero-order valence-electron chi connectivity index (χ0n) is 14.0. The van der Waals surface area contributed by atoms with E-state index in [2.05, 4.69) is 0 Å². The summed E-state index contributed by atoms with van der Waals surface area (Å²) in [6, 6.07) is 0.0808. The zero-order valence-corrected chi connectivity index (χ0v) is 14.0. The molecule has 2 fully saturated rings. The Morgan fingerprint density at radius 2 is 1.45 bits per heavy atom. The maximum absolute atomic E-state index is 12.7. The van der Waals surface area contributed by atoms with E-state index in [0.29, 0.717) is 26.2 Å². The van der Waals surface area contributed by atoms with Crippen molar-refractivity contribution in [1.29, 1.82) is 0 Å². The van der Waals surface area contributed by atoms with Gasteiger partial charge in [-0.1, -0.05) is 19.3 Å². The van der Waals surface area contributed by atoms with Crippen LogP contribution in [0.25, 0.3) is 0 Å². The SMILES string of the molecule is CCN(CC)C(=O)N1CCN(C(=O)C2(N)CCCCC2)CC1. The third kappa shape index (κ3) is 3.54. The summed E-state index contributed by atoms with van der Waals surface area (Å²) in [5.74, 6) is 0.0853. The van der Waals surface area contributed by atoms with E-state index in [4.69, 9.17) is 5.73 Å². The minimum absolute atomic E-state index is 0.0808. The summed E-state index contributed by atoms with van der Waals surface area (Å²) >= 11 is 0. The van der Waals surface area contributed by atoms with Crippen LogP contribution in [0.4, 0.5) is 4.79 Å². The van der Waals surface area contributed by atoms with Crippen molar-refractivity contribution in [3.8, 4) is 0 Å². The Morgan fingerprint density at radius 3 is 1.95 bits per heavy atom. The fourth-order valence-electron chi connectivity index (χ4n) is 3.51. The second-order valence-electron chi connectivity index (χ2n) is 6.45. The number of hydrogen-bond donors (Lipinski definition) is 1. The number of urea groups is 1. The van der Waals surface area contributed by atoms with Gasteiger partial charge in [0.25, 0.3) is 0 Å². The molecule has 1 aliphatic heterocycles. The summed E-state index contributed by atoms with van der Waals surface area (Å²) in [7, 11) is 0. The molecule has 0 aromatic carbocycles. The summed E-state index contributed by atoms with van der Waals surface area (Å²) in [5.41, 5.74) is 5.68. The summed E-state index contributed by atoms with van der Waals surface area (Å²) < 4.78 is 0. The smallest absolute Gasteiger partial charge is 0.320 e. The zero-order chi connectivity index (χ0) is 16.2. The summed E-state index contributed by atoms with van der Waals surface area (Å²) in [6.07, 6.45) is 4.86. The van der Waals surface area contributed by atoms with Crippen LogP contribution in [0.3, 0.4) is 0 Å². The van der Waals surface area contributed by atoms with Gasteiger partial charge in [-0.05, 0) is 26.7 Å². The first kappa shape index (κ1) is 17.1. The minimum Gasteiger partial charge on any atom is -0.338 e. The van der Waals surface area contributed by atoms with Crippen molar-refractivity contribution in [2.75, 3.05) is 39.3 Å². The molecule has 126 valence electrons. The van der Waals surface area contributed by atoms with E-state index < -0.39 is 5.54 Å². The molecule has 3 amide bonds. The van der Waals surface area contributed by atoms with Gasteiger partial charge in [-0.2, -0.15) is 0 Å². The van der Waals surface area contributed by atoms with Gasteiger partial charge >= 0.3 is 6.03 Å². The van der Waals surface area contributed by atoms with E-state index in [-0.39, 0.29) is 11.9 Å². The Labute approximate surface area is 133 Å². The number of carbonyl (C=O) groups excluding carboxylic acids is 2. The molecule has 2 N–H and O–H groups in total. The number of carbonyl (C=O) groups is 2. The first-order valence-corrected chi connectivity index (χ1v) is 8.64. The molecular formula is C16H30N4O2. The molecule has 1 heterocycles. The summed E-state index contributed by atoms with van der Waals surface area (Å²) in [5, 5.41) is 0.